The molecule has 1 aliphatic rings. The lowest BCUT2D eigenvalue weighted by Gasteiger charge is -2.22. The van der Waals surface area contributed by atoms with Gasteiger partial charge in [-0.2, -0.15) is 5.10 Å². The minimum absolute atomic E-state index is 0.111. The zero-order chi connectivity index (χ0) is 13.2. The van der Waals surface area contributed by atoms with Gasteiger partial charge in [-0.15, -0.1) is 0 Å². The number of rotatable bonds is 3. The van der Waals surface area contributed by atoms with E-state index in [0.29, 0.717) is 0 Å². The van der Waals surface area contributed by atoms with Gasteiger partial charge in [0.15, 0.2) is 0 Å². The first-order chi connectivity index (χ1) is 9.29. The number of fused-ring (bicyclic) bond motifs is 1. The van der Waals surface area contributed by atoms with Crippen molar-refractivity contribution in [1.82, 2.24) is 15.1 Å². The predicted octanol–water partition coefficient (Wildman–Crippen LogP) is 2.30. The molecule has 0 saturated heterocycles. The van der Waals surface area contributed by atoms with Crippen molar-refractivity contribution in [1.29, 1.82) is 0 Å². The van der Waals surface area contributed by atoms with Gasteiger partial charge in [0.05, 0.1) is 17.9 Å². The van der Waals surface area contributed by atoms with Crippen LogP contribution in [0.2, 0.25) is 0 Å². The van der Waals surface area contributed by atoms with Crippen molar-refractivity contribution in [2.45, 2.75) is 32.2 Å². The van der Waals surface area contributed by atoms with Gasteiger partial charge in [0, 0.05) is 11.3 Å². The Morgan fingerprint density at radius 3 is 3.16 bits per heavy atom. The molecule has 1 N–H and O–H groups in total. The number of aryl methyl sites for hydroxylation is 1. The molecule has 3 rings (SSSR count). The smallest absolute Gasteiger partial charge is 0.207 e. The fraction of sp³-hybridized carbons (Fsp3) is 0.333. The van der Waals surface area contributed by atoms with Gasteiger partial charge < -0.3 is 5.32 Å². The topological polar surface area (TPSA) is 46.9 Å². The lowest BCUT2D eigenvalue weighted by atomic mass is 9.93. The molecule has 0 spiro atoms. The Morgan fingerprint density at radius 2 is 2.37 bits per heavy atom. The Kier molecular flexibility index (Phi) is 3.07. The first-order valence-electron chi connectivity index (χ1n) is 6.63. The third-order valence-electron chi connectivity index (χ3n) is 3.70. The van der Waals surface area contributed by atoms with Gasteiger partial charge in [-0.1, -0.05) is 12.1 Å². The van der Waals surface area contributed by atoms with Gasteiger partial charge in [-0.3, -0.25) is 4.79 Å². The Hall–Kier alpha value is -2.10. The molecule has 1 aromatic heterocycles. The van der Waals surface area contributed by atoms with E-state index in [0.717, 1.165) is 36.9 Å². The van der Waals surface area contributed by atoms with Crippen LogP contribution in [0.5, 0.6) is 0 Å². The molecule has 1 unspecified atom stereocenters. The first kappa shape index (κ1) is 12.0. The fourth-order valence-electron chi connectivity index (χ4n) is 2.79. The molecule has 0 aliphatic heterocycles. The van der Waals surface area contributed by atoms with Gasteiger partial charge >= 0.3 is 0 Å². The molecule has 19 heavy (non-hydrogen) atoms. The number of hydrogen-bond acceptors (Lipinski definition) is 2. The fourth-order valence-corrected chi connectivity index (χ4v) is 2.79. The van der Waals surface area contributed by atoms with Gasteiger partial charge in [0.1, 0.15) is 0 Å². The molecule has 1 heterocycles. The Morgan fingerprint density at radius 1 is 1.47 bits per heavy atom. The number of carbonyl (C=O) groups excluding carboxylic acids is 1. The first-order valence-corrected chi connectivity index (χ1v) is 6.63. The van der Waals surface area contributed by atoms with E-state index in [1.165, 1.54) is 11.3 Å². The van der Waals surface area contributed by atoms with Crippen molar-refractivity contribution in [3.05, 3.63) is 47.3 Å². The number of hydrogen-bond donors (Lipinski definition) is 1. The van der Waals surface area contributed by atoms with E-state index in [1.807, 2.05) is 16.9 Å². The normalized spacial score (nSPS) is 17.8. The monoisotopic (exact) mass is 255 g/mol. The molecule has 98 valence electrons. The van der Waals surface area contributed by atoms with Crippen molar-refractivity contribution in [2.24, 2.45) is 0 Å². The second-order valence-corrected chi connectivity index (χ2v) is 5.03. The summed E-state index contributed by atoms with van der Waals surface area (Å²) in [6, 6.07) is 8.43. The van der Waals surface area contributed by atoms with Crippen molar-refractivity contribution in [3.63, 3.8) is 0 Å². The molecule has 0 radical (unpaired) electrons. The maximum absolute atomic E-state index is 10.7. The van der Waals surface area contributed by atoms with Gasteiger partial charge in [-0.25, -0.2) is 4.68 Å². The summed E-state index contributed by atoms with van der Waals surface area (Å²) < 4.78 is 2.00. The number of nitrogens with one attached hydrogen (secondary N) is 1. The van der Waals surface area contributed by atoms with E-state index in [1.54, 1.807) is 0 Å². The maximum atomic E-state index is 10.7. The van der Waals surface area contributed by atoms with Crippen LogP contribution in [0.25, 0.3) is 5.69 Å². The highest BCUT2D eigenvalue weighted by atomic mass is 16.1. The van der Waals surface area contributed by atoms with E-state index in [4.69, 9.17) is 0 Å². The zero-order valence-electron chi connectivity index (χ0n) is 11.0. The minimum Gasteiger partial charge on any atom is -0.352 e. The second-order valence-electron chi connectivity index (χ2n) is 5.03. The minimum atomic E-state index is 0.111. The summed E-state index contributed by atoms with van der Waals surface area (Å²) in [5.41, 5.74) is 4.68. The van der Waals surface area contributed by atoms with Gasteiger partial charge in [0.2, 0.25) is 6.41 Å². The SMILES string of the molecule is Cc1cccc(-n2ncc3c2CCCC3NC=O)c1. The van der Waals surface area contributed by atoms with Gasteiger partial charge in [-0.05, 0) is 43.9 Å². The summed E-state index contributed by atoms with van der Waals surface area (Å²) in [5.74, 6) is 0. The number of nitrogens with zero attached hydrogens (tertiary/aromatic N) is 2. The third kappa shape index (κ3) is 2.14. The average Bonchev–Trinajstić information content (AvgIpc) is 2.84. The molecular formula is C15H17N3O. The molecule has 1 amide bonds. The standard InChI is InChI=1S/C15H17N3O/c1-11-4-2-5-12(8-11)18-15-7-3-6-14(16-10-19)13(15)9-17-18/h2,4-5,8-10,14H,3,6-7H2,1H3,(H,16,19). The van der Waals surface area contributed by atoms with Crippen LogP contribution in [0.3, 0.4) is 0 Å². The van der Waals surface area contributed by atoms with Crippen LogP contribution in [-0.4, -0.2) is 16.2 Å². The highest BCUT2D eigenvalue weighted by Crippen LogP contribution is 2.30. The average molecular weight is 255 g/mol. The summed E-state index contributed by atoms with van der Waals surface area (Å²) in [7, 11) is 0. The van der Waals surface area contributed by atoms with E-state index < -0.39 is 0 Å². The van der Waals surface area contributed by atoms with Gasteiger partial charge in [0.25, 0.3) is 0 Å². The molecule has 4 heteroatoms. The highest BCUT2D eigenvalue weighted by Gasteiger charge is 2.24. The molecular weight excluding hydrogens is 238 g/mol. The lowest BCUT2D eigenvalue weighted by Crippen LogP contribution is -2.24. The molecule has 1 aromatic carbocycles. The summed E-state index contributed by atoms with van der Waals surface area (Å²) in [6.45, 7) is 2.08. The van der Waals surface area contributed by atoms with Crippen LogP contribution >= 0.6 is 0 Å². The second kappa shape index (κ2) is 4.88. The van der Waals surface area contributed by atoms with E-state index >= 15 is 0 Å². The lowest BCUT2D eigenvalue weighted by molar-refractivity contribution is -0.110. The summed E-state index contributed by atoms with van der Waals surface area (Å²) in [5, 5.41) is 7.39. The molecule has 1 atom stereocenters. The molecule has 1 aliphatic carbocycles. The summed E-state index contributed by atoms with van der Waals surface area (Å²) in [6.07, 6.45) is 5.75. The quantitative estimate of drug-likeness (QED) is 0.855. The van der Waals surface area contributed by atoms with E-state index in [-0.39, 0.29) is 6.04 Å². The Labute approximate surface area is 112 Å². The highest BCUT2D eigenvalue weighted by molar-refractivity contribution is 5.49. The number of benzene rings is 1. The van der Waals surface area contributed by atoms with Crippen molar-refractivity contribution >= 4 is 6.41 Å². The molecule has 0 bridgehead atoms. The van der Waals surface area contributed by atoms with Crippen molar-refractivity contribution < 1.29 is 4.79 Å². The van der Waals surface area contributed by atoms with Crippen LogP contribution in [0.1, 0.15) is 35.7 Å². The largest absolute Gasteiger partial charge is 0.352 e. The third-order valence-corrected chi connectivity index (χ3v) is 3.70. The van der Waals surface area contributed by atoms with Crippen LogP contribution in [-0.2, 0) is 11.2 Å². The summed E-state index contributed by atoms with van der Waals surface area (Å²) in [4.78, 5) is 10.7. The molecule has 0 fully saturated rings. The molecule has 0 saturated carbocycles. The van der Waals surface area contributed by atoms with E-state index in [9.17, 15) is 4.79 Å². The maximum Gasteiger partial charge on any atom is 0.207 e. The molecule has 4 nitrogen and oxygen atoms in total. The number of amides is 1. The van der Waals surface area contributed by atoms with Crippen LogP contribution in [0, 0.1) is 6.92 Å². The van der Waals surface area contributed by atoms with E-state index in [2.05, 4.69) is 35.5 Å². The summed E-state index contributed by atoms with van der Waals surface area (Å²) >= 11 is 0. The zero-order valence-corrected chi connectivity index (χ0v) is 11.0. The number of aromatic nitrogens is 2. The Bertz CT molecular complexity index is 603. The number of carbonyl (C=O) groups is 1. The predicted molar refractivity (Wildman–Crippen MR) is 73.2 cm³/mol. The van der Waals surface area contributed by atoms with Crippen molar-refractivity contribution in [3.8, 4) is 5.69 Å². The molecule has 2 aromatic rings. The van der Waals surface area contributed by atoms with Crippen molar-refractivity contribution in [2.75, 3.05) is 0 Å². The van der Waals surface area contributed by atoms with Crippen LogP contribution in [0.4, 0.5) is 0 Å². The Balaban J connectivity index is 2.03. The van der Waals surface area contributed by atoms with Crippen LogP contribution in [0.15, 0.2) is 30.5 Å². The van der Waals surface area contributed by atoms with Crippen LogP contribution < -0.4 is 5.32 Å².